The molecule has 0 radical (unpaired) electrons. The molecule has 2 aromatic carbocycles. The van der Waals surface area contributed by atoms with Crippen LogP contribution in [0.2, 0.25) is 0 Å². The summed E-state index contributed by atoms with van der Waals surface area (Å²) in [7, 11) is 6.74. The highest BCUT2D eigenvalue weighted by molar-refractivity contribution is 5.93. The molecular formula is C30H41N3O5. The molecule has 1 heterocycles. The van der Waals surface area contributed by atoms with Gasteiger partial charge in [0.2, 0.25) is 5.91 Å². The molecule has 206 valence electrons. The number of likely N-dealkylation sites (N-methyl/N-ethyl adjacent to an activating group) is 1. The molecular weight excluding hydrogens is 482 g/mol. The molecule has 0 bridgehead atoms. The molecule has 1 saturated heterocycles. The maximum absolute atomic E-state index is 13.5. The third-order valence-electron chi connectivity index (χ3n) is 7.59. The fraction of sp³-hybridized carbons (Fsp3) is 0.533. The standard InChI is InChI=1S/C30H41N3O5/c1-21-16-23(21)8-6-15-38-28-19-25(11-12-26(28)36-4)33-14-7-13-32(30(33)35)20-24-10-9-22(17-27(24)37-5)18-29(34)31(2)3/h9-12,17,19,21,23H,6-8,13-16,18,20H2,1-5H3/t21-,23+/m1/s1. The molecule has 1 saturated carbocycles. The Morgan fingerprint density at radius 3 is 2.47 bits per heavy atom. The summed E-state index contributed by atoms with van der Waals surface area (Å²) in [5.74, 6) is 3.75. The molecule has 4 rings (SSSR count). The van der Waals surface area contributed by atoms with Crippen molar-refractivity contribution in [3.05, 3.63) is 47.5 Å². The highest BCUT2D eigenvalue weighted by Gasteiger charge is 2.31. The Balaban J connectivity index is 1.43. The van der Waals surface area contributed by atoms with Crippen LogP contribution in [0.15, 0.2) is 36.4 Å². The van der Waals surface area contributed by atoms with Gasteiger partial charge in [0.15, 0.2) is 11.5 Å². The van der Waals surface area contributed by atoms with Crippen molar-refractivity contribution in [1.82, 2.24) is 9.80 Å². The van der Waals surface area contributed by atoms with Crippen molar-refractivity contribution in [3.63, 3.8) is 0 Å². The van der Waals surface area contributed by atoms with Gasteiger partial charge in [0.05, 0.1) is 33.8 Å². The van der Waals surface area contributed by atoms with Crippen LogP contribution in [0.25, 0.3) is 0 Å². The Kier molecular flexibility index (Phi) is 9.02. The van der Waals surface area contributed by atoms with Crippen LogP contribution < -0.4 is 19.1 Å². The van der Waals surface area contributed by atoms with E-state index in [9.17, 15) is 9.59 Å². The first-order valence-electron chi connectivity index (χ1n) is 13.5. The number of nitrogens with zero attached hydrogens (tertiary/aromatic N) is 3. The van der Waals surface area contributed by atoms with E-state index in [1.54, 1.807) is 38.1 Å². The number of carbonyl (C=O) groups excluding carboxylic acids is 2. The number of urea groups is 1. The van der Waals surface area contributed by atoms with Gasteiger partial charge < -0.3 is 24.0 Å². The minimum Gasteiger partial charge on any atom is -0.496 e. The van der Waals surface area contributed by atoms with E-state index in [4.69, 9.17) is 14.2 Å². The summed E-state index contributed by atoms with van der Waals surface area (Å²) in [5, 5.41) is 0. The highest BCUT2D eigenvalue weighted by Crippen LogP contribution is 2.41. The second-order valence-corrected chi connectivity index (χ2v) is 10.6. The SMILES string of the molecule is COc1cc(CC(=O)N(C)C)ccc1CN1CCCN(c2ccc(OC)c(OCCC[C@H]3C[C@H]3C)c2)C1=O. The lowest BCUT2D eigenvalue weighted by Gasteiger charge is -2.36. The number of amides is 3. The molecule has 3 amide bonds. The zero-order valence-corrected chi connectivity index (χ0v) is 23.4. The van der Waals surface area contributed by atoms with Crippen molar-refractivity contribution in [3.8, 4) is 17.2 Å². The van der Waals surface area contributed by atoms with E-state index in [2.05, 4.69) is 6.92 Å². The van der Waals surface area contributed by atoms with Crippen molar-refractivity contribution in [2.45, 2.75) is 45.6 Å². The lowest BCUT2D eigenvalue weighted by atomic mass is 10.1. The minimum atomic E-state index is -0.0518. The van der Waals surface area contributed by atoms with Gasteiger partial charge in [0.25, 0.3) is 0 Å². The van der Waals surface area contributed by atoms with E-state index in [1.807, 2.05) is 41.3 Å². The second kappa shape index (κ2) is 12.4. The molecule has 2 aromatic rings. The lowest BCUT2D eigenvalue weighted by Crippen LogP contribution is -2.49. The molecule has 2 atom stereocenters. The smallest absolute Gasteiger partial charge is 0.324 e. The summed E-state index contributed by atoms with van der Waals surface area (Å²) in [6.07, 6.45) is 4.70. The van der Waals surface area contributed by atoms with Crippen molar-refractivity contribution < 1.29 is 23.8 Å². The second-order valence-electron chi connectivity index (χ2n) is 10.6. The number of ether oxygens (including phenoxy) is 3. The van der Waals surface area contributed by atoms with Crippen LogP contribution >= 0.6 is 0 Å². The summed E-state index contributed by atoms with van der Waals surface area (Å²) in [5.41, 5.74) is 2.59. The van der Waals surface area contributed by atoms with Gasteiger partial charge in [-0.3, -0.25) is 9.69 Å². The van der Waals surface area contributed by atoms with Crippen LogP contribution in [0.4, 0.5) is 10.5 Å². The van der Waals surface area contributed by atoms with Gasteiger partial charge in [0, 0.05) is 44.5 Å². The largest absolute Gasteiger partial charge is 0.496 e. The molecule has 2 fully saturated rings. The van der Waals surface area contributed by atoms with E-state index in [0.29, 0.717) is 49.9 Å². The van der Waals surface area contributed by atoms with Gasteiger partial charge in [0.1, 0.15) is 5.75 Å². The Labute approximate surface area is 226 Å². The van der Waals surface area contributed by atoms with E-state index in [-0.39, 0.29) is 11.9 Å². The van der Waals surface area contributed by atoms with Crippen LogP contribution in [-0.4, -0.2) is 69.7 Å². The third kappa shape index (κ3) is 6.71. The molecule has 0 N–H and O–H groups in total. The van der Waals surface area contributed by atoms with Gasteiger partial charge in [-0.05, 0) is 61.3 Å². The summed E-state index contributed by atoms with van der Waals surface area (Å²) in [6.45, 7) is 4.68. The van der Waals surface area contributed by atoms with Gasteiger partial charge in [-0.15, -0.1) is 0 Å². The zero-order chi connectivity index (χ0) is 27.2. The van der Waals surface area contributed by atoms with Crippen LogP contribution in [-0.2, 0) is 17.8 Å². The Hall–Kier alpha value is -3.42. The average Bonchev–Trinajstić information content (AvgIpc) is 3.62. The first kappa shape index (κ1) is 27.6. The quantitative estimate of drug-likeness (QED) is 0.367. The van der Waals surface area contributed by atoms with E-state index in [1.165, 1.54) is 12.8 Å². The van der Waals surface area contributed by atoms with Crippen molar-refractivity contribution >= 4 is 17.6 Å². The number of anilines is 1. The molecule has 1 aliphatic heterocycles. The minimum absolute atomic E-state index is 0.0296. The van der Waals surface area contributed by atoms with E-state index < -0.39 is 0 Å². The fourth-order valence-corrected chi connectivity index (χ4v) is 5.01. The predicted molar refractivity (Wildman–Crippen MR) is 148 cm³/mol. The number of hydrogen-bond donors (Lipinski definition) is 0. The number of rotatable bonds is 12. The van der Waals surface area contributed by atoms with Crippen molar-refractivity contribution in [2.75, 3.05) is 52.9 Å². The van der Waals surface area contributed by atoms with Gasteiger partial charge in [-0.2, -0.15) is 0 Å². The maximum Gasteiger partial charge on any atom is 0.324 e. The van der Waals surface area contributed by atoms with Crippen LogP contribution in [0.1, 0.15) is 43.7 Å². The summed E-state index contributed by atoms with van der Waals surface area (Å²) < 4.78 is 17.2. The molecule has 2 aliphatic rings. The van der Waals surface area contributed by atoms with Crippen molar-refractivity contribution in [2.24, 2.45) is 11.8 Å². The molecule has 8 nitrogen and oxygen atoms in total. The molecule has 0 aromatic heterocycles. The molecule has 38 heavy (non-hydrogen) atoms. The maximum atomic E-state index is 13.5. The van der Waals surface area contributed by atoms with Crippen LogP contribution in [0, 0.1) is 11.8 Å². The summed E-state index contributed by atoms with van der Waals surface area (Å²) in [4.78, 5) is 30.9. The van der Waals surface area contributed by atoms with Crippen LogP contribution in [0.3, 0.4) is 0 Å². The van der Waals surface area contributed by atoms with Gasteiger partial charge in [-0.25, -0.2) is 4.79 Å². The van der Waals surface area contributed by atoms with Gasteiger partial charge >= 0.3 is 6.03 Å². The average molecular weight is 524 g/mol. The summed E-state index contributed by atoms with van der Waals surface area (Å²) in [6, 6.07) is 11.4. The number of methoxy groups -OCH3 is 2. The third-order valence-corrected chi connectivity index (χ3v) is 7.59. The zero-order valence-electron chi connectivity index (χ0n) is 23.4. The van der Waals surface area contributed by atoms with Crippen LogP contribution in [0.5, 0.6) is 17.2 Å². The fourth-order valence-electron chi connectivity index (χ4n) is 5.01. The number of benzene rings is 2. The highest BCUT2D eigenvalue weighted by atomic mass is 16.5. The lowest BCUT2D eigenvalue weighted by molar-refractivity contribution is -0.127. The predicted octanol–water partition coefficient (Wildman–Crippen LogP) is 4.98. The monoisotopic (exact) mass is 523 g/mol. The molecule has 0 unspecified atom stereocenters. The topological polar surface area (TPSA) is 71.6 Å². The van der Waals surface area contributed by atoms with E-state index in [0.717, 1.165) is 41.5 Å². The Morgan fingerprint density at radius 2 is 1.79 bits per heavy atom. The molecule has 0 spiro atoms. The van der Waals surface area contributed by atoms with Gasteiger partial charge in [-0.1, -0.05) is 19.1 Å². The number of carbonyl (C=O) groups is 2. The molecule has 1 aliphatic carbocycles. The number of hydrogen-bond acceptors (Lipinski definition) is 5. The molecule has 8 heteroatoms. The normalized spacial score (nSPS) is 18.8. The van der Waals surface area contributed by atoms with Crippen molar-refractivity contribution in [1.29, 1.82) is 0 Å². The van der Waals surface area contributed by atoms with E-state index >= 15 is 0 Å². The first-order valence-corrected chi connectivity index (χ1v) is 13.5. The summed E-state index contributed by atoms with van der Waals surface area (Å²) >= 11 is 0. The Bertz CT molecular complexity index is 1130. The Morgan fingerprint density at radius 1 is 1.03 bits per heavy atom. The first-order chi connectivity index (χ1) is 18.3.